The molecule has 0 radical (unpaired) electrons. The van der Waals surface area contributed by atoms with Crippen LogP contribution in [0.15, 0.2) is 18.3 Å². The van der Waals surface area contributed by atoms with E-state index in [1.165, 1.54) is 0 Å². The third kappa shape index (κ3) is 2.24. The SMILES string of the molecule is CC(C(=O)NC1CC1)n1cccc1C(N)=S. The Balaban J connectivity index is 2.12. The molecule has 0 bridgehead atoms. The molecule has 2 rings (SSSR count). The molecular formula is C11H15N3OS. The van der Waals surface area contributed by atoms with E-state index in [1.54, 1.807) is 4.57 Å². The molecule has 1 aliphatic rings. The Hall–Kier alpha value is -1.36. The van der Waals surface area contributed by atoms with Gasteiger partial charge in [0.2, 0.25) is 5.91 Å². The Labute approximate surface area is 99.8 Å². The summed E-state index contributed by atoms with van der Waals surface area (Å²) in [6, 6.07) is 3.77. The van der Waals surface area contributed by atoms with Crippen molar-refractivity contribution >= 4 is 23.1 Å². The zero-order valence-corrected chi connectivity index (χ0v) is 9.96. The number of nitrogens with zero attached hydrogens (tertiary/aromatic N) is 1. The summed E-state index contributed by atoms with van der Waals surface area (Å²) in [5.41, 5.74) is 6.32. The summed E-state index contributed by atoms with van der Waals surface area (Å²) in [6.45, 7) is 1.85. The van der Waals surface area contributed by atoms with Crippen molar-refractivity contribution in [3.05, 3.63) is 24.0 Å². The molecule has 86 valence electrons. The molecule has 1 unspecified atom stereocenters. The number of hydrogen-bond acceptors (Lipinski definition) is 2. The molecule has 1 fully saturated rings. The van der Waals surface area contributed by atoms with Crippen LogP contribution in [0.25, 0.3) is 0 Å². The summed E-state index contributed by atoms with van der Waals surface area (Å²) in [4.78, 5) is 12.2. The van der Waals surface area contributed by atoms with Crippen molar-refractivity contribution in [3.63, 3.8) is 0 Å². The highest BCUT2D eigenvalue weighted by Crippen LogP contribution is 2.20. The van der Waals surface area contributed by atoms with E-state index in [0.717, 1.165) is 18.5 Å². The van der Waals surface area contributed by atoms with Crippen molar-refractivity contribution in [2.24, 2.45) is 5.73 Å². The number of amides is 1. The van der Waals surface area contributed by atoms with Gasteiger partial charge in [-0.25, -0.2) is 0 Å². The predicted molar refractivity (Wildman–Crippen MR) is 66.2 cm³/mol. The monoisotopic (exact) mass is 237 g/mol. The van der Waals surface area contributed by atoms with Crippen molar-refractivity contribution in [1.29, 1.82) is 0 Å². The Morgan fingerprint density at radius 1 is 1.69 bits per heavy atom. The number of nitrogens with two attached hydrogens (primary N) is 1. The van der Waals surface area contributed by atoms with Gasteiger partial charge in [-0.15, -0.1) is 0 Å². The maximum absolute atomic E-state index is 11.9. The Morgan fingerprint density at radius 2 is 2.38 bits per heavy atom. The summed E-state index contributed by atoms with van der Waals surface area (Å²) in [7, 11) is 0. The van der Waals surface area contributed by atoms with E-state index in [4.69, 9.17) is 18.0 Å². The minimum absolute atomic E-state index is 0.0243. The van der Waals surface area contributed by atoms with E-state index in [0.29, 0.717) is 11.0 Å². The van der Waals surface area contributed by atoms with Gasteiger partial charge in [-0.3, -0.25) is 4.79 Å². The molecule has 16 heavy (non-hydrogen) atoms. The van der Waals surface area contributed by atoms with Crippen LogP contribution < -0.4 is 11.1 Å². The normalized spacial score (nSPS) is 16.8. The van der Waals surface area contributed by atoms with Gasteiger partial charge in [-0.2, -0.15) is 0 Å². The van der Waals surface area contributed by atoms with E-state index in [9.17, 15) is 4.79 Å². The third-order valence-electron chi connectivity index (χ3n) is 2.75. The van der Waals surface area contributed by atoms with Crippen molar-refractivity contribution < 1.29 is 4.79 Å². The van der Waals surface area contributed by atoms with E-state index in [1.807, 2.05) is 25.3 Å². The molecule has 1 saturated carbocycles. The fourth-order valence-corrected chi connectivity index (χ4v) is 1.79. The molecule has 1 aromatic heterocycles. The first-order valence-corrected chi connectivity index (χ1v) is 5.77. The highest BCUT2D eigenvalue weighted by Gasteiger charge is 2.26. The van der Waals surface area contributed by atoms with Gasteiger partial charge < -0.3 is 15.6 Å². The largest absolute Gasteiger partial charge is 0.388 e. The minimum atomic E-state index is -0.271. The molecule has 1 aromatic rings. The van der Waals surface area contributed by atoms with E-state index >= 15 is 0 Å². The second kappa shape index (κ2) is 4.25. The average Bonchev–Trinajstić information content (AvgIpc) is 2.91. The second-order valence-corrected chi connectivity index (χ2v) is 4.56. The van der Waals surface area contributed by atoms with Gasteiger partial charge in [0.1, 0.15) is 11.0 Å². The van der Waals surface area contributed by atoms with Gasteiger partial charge >= 0.3 is 0 Å². The second-order valence-electron chi connectivity index (χ2n) is 4.12. The van der Waals surface area contributed by atoms with Gasteiger partial charge in [0.05, 0.1) is 5.69 Å². The lowest BCUT2D eigenvalue weighted by Gasteiger charge is -2.16. The first kappa shape index (κ1) is 11.1. The van der Waals surface area contributed by atoms with Crippen LogP contribution in [0.4, 0.5) is 0 Å². The third-order valence-corrected chi connectivity index (χ3v) is 2.96. The number of rotatable bonds is 4. The van der Waals surface area contributed by atoms with Crippen LogP contribution in [-0.4, -0.2) is 21.5 Å². The first-order valence-electron chi connectivity index (χ1n) is 5.36. The molecule has 5 heteroatoms. The van der Waals surface area contributed by atoms with Crippen LogP contribution in [0.3, 0.4) is 0 Å². The summed E-state index contributed by atoms with van der Waals surface area (Å²) >= 11 is 4.93. The van der Waals surface area contributed by atoms with Crippen LogP contribution in [0.2, 0.25) is 0 Å². The van der Waals surface area contributed by atoms with Crippen LogP contribution >= 0.6 is 12.2 Å². The summed E-state index contributed by atoms with van der Waals surface area (Å²) in [6.07, 6.45) is 4.00. The Morgan fingerprint density at radius 3 is 2.94 bits per heavy atom. The fourth-order valence-electron chi connectivity index (χ4n) is 1.62. The van der Waals surface area contributed by atoms with Gasteiger partial charge in [0, 0.05) is 12.2 Å². The van der Waals surface area contributed by atoms with Gasteiger partial charge in [0.25, 0.3) is 0 Å². The van der Waals surface area contributed by atoms with Crippen molar-refractivity contribution in [2.45, 2.75) is 31.8 Å². The molecule has 4 nitrogen and oxygen atoms in total. The van der Waals surface area contributed by atoms with E-state index in [2.05, 4.69) is 5.32 Å². The van der Waals surface area contributed by atoms with Crippen LogP contribution in [0.1, 0.15) is 31.5 Å². The maximum Gasteiger partial charge on any atom is 0.242 e. The molecular weight excluding hydrogens is 222 g/mol. The lowest BCUT2D eigenvalue weighted by atomic mass is 10.3. The summed E-state index contributed by atoms with van der Waals surface area (Å²) < 4.78 is 1.81. The number of carbonyl (C=O) groups is 1. The van der Waals surface area contributed by atoms with Gasteiger partial charge in [-0.05, 0) is 31.9 Å². The Kier molecular flexibility index (Phi) is 2.96. The number of aromatic nitrogens is 1. The fraction of sp³-hybridized carbons (Fsp3) is 0.455. The number of thiocarbonyl (C=S) groups is 1. The van der Waals surface area contributed by atoms with Crippen molar-refractivity contribution in [3.8, 4) is 0 Å². The van der Waals surface area contributed by atoms with Crippen LogP contribution in [-0.2, 0) is 4.79 Å². The standard InChI is InChI=1S/C11H15N3OS/c1-7(11(15)13-8-4-5-8)14-6-2-3-9(14)10(12)16/h2-3,6-8H,4-5H2,1H3,(H2,12,16)(H,13,15). The molecule has 3 N–H and O–H groups in total. The van der Waals surface area contributed by atoms with E-state index < -0.39 is 0 Å². The average molecular weight is 237 g/mol. The quantitative estimate of drug-likeness (QED) is 0.767. The molecule has 0 aliphatic heterocycles. The molecule has 0 spiro atoms. The number of carbonyl (C=O) groups excluding carboxylic acids is 1. The highest BCUT2D eigenvalue weighted by atomic mass is 32.1. The minimum Gasteiger partial charge on any atom is -0.388 e. The number of hydrogen-bond donors (Lipinski definition) is 2. The van der Waals surface area contributed by atoms with Crippen LogP contribution in [0.5, 0.6) is 0 Å². The molecule has 0 saturated heterocycles. The highest BCUT2D eigenvalue weighted by molar-refractivity contribution is 7.80. The number of nitrogens with one attached hydrogen (secondary N) is 1. The lowest BCUT2D eigenvalue weighted by Crippen LogP contribution is -2.33. The smallest absolute Gasteiger partial charge is 0.242 e. The molecule has 1 aliphatic carbocycles. The molecule has 1 atom stereocenters. The first-order chi connectivity index (χ1) is 7.59. The zero-order chi connectivity index (χ0) is 11.7. The van der Waals surface area contributed by atoms with Gasteiger partial charge in [-0.1, -0.05) is 12.2 Å². The van der Waals surface area contributed by atoms with Gasteiger partial charge in [0.15, 0.2) is 0 Å². The van der Waals surface area contributed by atoms with Crippen molar-refractivity contribution in [2.75, 3.05) is 0 Å². The van der Waals surface area contributed by atoms with Crippen LogP contribution in [0, 0.1) is 0 Å². The lowest BCUT2D eigenvalue weighted by molar-refractivity contribution is -0.124. The maximum atomic E-state index is 11.9. The molecule has 0 aromatic carbocycles. The van der Waals surface area contributed by atoms with E-state index in [-0.39, 0.29) is 11.9 Å². The Bertz CT molecular complexity index is 423. The summed E-state index contributed by atoms with van der Waals surface area (Å²) in [5, 5.41) is 2.96. The topological polar surface area (TPSA) is 60.0 Å². The molecule has 1 heterocycles. The summed E-state index contributed by atoms with van der Waals surface area (Å²) in [5.74, 6) is 0.0243. The zero-order valence-electron chi connectivity index (χ0n) is 9.14. The molecule has 1 amide bonds. The van der Waals surface area contributed by atoms with Crippen molar-refractivity contribution in [1.82, 2.24) is 9.88 Å². The predicted octanol–water partition coefficient (Wildman–Crippen LogP) is 0.962.